The Morgan fingerprint density at radius 1 is 1.07 bits per heavy atom. The lowest BCUT2D eigenvalue weighted by Gasteiger charge is -1.96. The molecule has 15 heavy (non-hydrogen) atoms. The number of carbonyl (C=O) groups is 2. The molecule has 6 nitrogen and oxygen atoms in total. The Bertz CT molecular complexity index is 250. The molecular formula is C6H5Br2FO6. The van der Waals surface area contributed by atoms with Crippen molar-refractivity contribution in [3.8, 4) is 0 Å². The van der Waals surface area contributed by atoms with E-state index in [1.54, 1.807) is 0 Å². The number of halogens is 3. The highest BCUT2D eigenvalue weighted by atomic mass is 79.9. The van der Waals surface area contributed by atoms with Crippen LogP contribution in [0.3, 0.4) is 0 Å². The topological polar surface area (TPSA) is 71.1 Å². The standard InChI is InChI=1S/C3H2Br2O3.C3H3FO3/c4-1-2(5)8-3(6)7-1;4-2-1-6-3(5)7-2/h1-2H;2H,1H2. The smallest absolute Gasteiger partial charge is 0.427 e. The van der Waals surface area contributed by atoms with E-state index in [4.69, 9.17) is 0 Å². The van der Waals surface area contributed by atoms with E-state index in [0.717, 1.165) is 0 Å². The molecule has 0 aromatic rings. The van der Waals surface area contributed by atoms with Gasteiger partial charge in [-0.15, -0.1) is 0 Å². The highest BCUT2D eigenvalue weighted by molar-refractivity contribution is 9.12. The largest absolute Gasteiger partial charge is 0.511 e. The van der Waals surface area contributed by atoms with Crippen LogP contribution in [0.5, 0.6) is 0 Å². The van der Waals surface area contributed by atoms with Crippen LogP contribution in [0.25, 0.3) is 0 Å². The fourth-order valence-corrected chi connectivity index (χ4v) is 1.15. The van der Waals surface area contributed by atoms with E-state index in [1.165, 1.54) is 0 Å². The van der Waals surface area contributed by atoms with Crippen molar-refractivity contribution < 1.29 is 32.9 Å². The van der Waals surface area contributed by atoms with Crippen LogP contribution in [0.2, 0.25) is 0 Å². The number of ether oxygens (including phenoxy) is 4. The zero-order valence-corrected chi connectivity index (χ0v) is 10.2. The van der Waals surface area contributed by atoms with E-state index < -0.39 is 18.7 Å². The van der Waals surface area contributed by atoms with Crippen molar-refractivity contribution in [3.05, 3.63) is 0 Å². The highest BCUT2D eigenvalue weighted by Gasteiger charge is 2.31. The van der Waals surface area contributed by atoms with Crippen LogP contribution in [0, 0.1) is 0 Å². The summed E-state index contributed by atoms with van der Waals surface area (Å²) < 4.78 is 28.4. The van der Waals surface area contributed by atoms with Gasteiger partial charge in [0.2, 0.25) is 10.0 Å². The Labute approximate surface area is 100 Å². The predicted molar refractivity (Wildman–Crippen MR) is 50.3 cm³/mol. The summed E-state index contributed by atoms with van der Waals surface area (Å²) in [4.78, 5) is 19.9. The van der Waals surface area contributed by atoms with Gasteiger partial charge >= 0.3 is 12.3 Å². The normalized spacial score (nSPS) is 33.1. The Morgan fingerprint density at radius 3 is 1.73 bits per heavy atom. The van der Waals surface area contributed by atoms with Crippen molar-refractivity contribution in [1.82, 2.24) is 0 Å². The van der Waals surface area contributed by atoms with Gasteiger partial charge in [-0.2, -0.15) is 4.39 Å². The van der Waals surface area contributed by atoms with Crippen molar-refractivity contribution in [2.24, 2.45) is 0 Å². The number of hydrogen-bond acceptors (Lipinski definition) is 6. The van der Waals surface area contributed by atoms with E-state index in [1.807, 2.05) is 0 Å². The van der Waals surface area contributed by atoms with Gasteiger partial charge in [-0.3, -0.25) is 0 Å². The molecule has 9 heteroatoms. The van der Waals surface area contributed by atoms with Crippen LogP contribution >= 0.6 is 31.9 Å². The fraction of sp³-hybridized carbons (Fsp3) is 0.667. The number of rotatable bonds is 0. The first kappa shape index (κ1) is 12.5. The molecule has 0 radical (unpaired) electrons. The SMILES string of the molecule is O=C1OC(Br)C(Br)O1.O=C1OCC(F)O1. The van der Waals surface area contributed by atoms with E-state index >= 15 is 0 Å². The van der Waals surface area contributed by atoms with Gasteiger partial charge in [0.25, 0.3) is 6.36 Å². The molecule has 0 spiro atoms. The second-order valence-corrected chi connectivity index (χ2v) is 4.08. The zero-order chi connectivity index (χ0) is 11.4. The Balaban J connectivity index is 0.000000151. The maximum atomic E-state index is 11.6. The molecule has 3 unspecified atom stereocenters. The first-order valence-electron chi connectivity index (χ1n) is 3.62. The number of hydrogen-bond donors (Lipinski definition) is 0. The number of alkyl halides is 3. The summed E-state index contributed by atoms with van der Waals surface area (Å²) in [6.45, 7) is -0.265. The maximum absolute atomic E-state index is 11.6. The van der Waals surface area contributed by atoms with Gasteiger partial charge in [0.05, 0.1) is 0 Å². The summed E-state index contributed by atoms with van der Waals surface area (Å²) in [5.74, 6) is 0. The molecule has 2 rings (SSSR count). The summed E-state index contributed by atoms with van der Waals surface area (Å²) in [7, 11) is 0. The van der Waals surface area contributed by atoms with Crippen LogP contribution in [0.15, 0.2) is 0 Å². The lowest BCUT2D eigenvalue weighted by Crippen LogP contribution is -2.05. The molecule has 2 heterocycles. The van der Waals surface area contributed by atoms with Gasteiger partial charge in [-0.1, -0.05) is 0 Å². The van der Waals surface area contributed by atoms with Crippen molar-refractivity contribution in [2.45, 2.75) is 16.4 Å². The van der Waals surface area contributed by atoms with E-state index in [2.05, 4.69) is 50.8 Å². The molecule has 86 valence electrons. The first-order valence-corrected chi connectivity index (χ1v) is 5.45. The molecule has 0 aromatic carbocycles. The van der Waals surface area contributed by atoms with E-state index in [-0.39, 0.29) is 16.6 Å². The second-order valence-electron chi connectivity index (χ2n) is 2.28. The quantitative estimate of drug-likeness (QED) is 0.491. The lowest BCUT2D eigenvalue weighted by molar-refractivity contribution is 0.0572. The van der Waals surface area contributed by atoms with Gasteiger partial charge in [0.1, 0.15) is 0 Å². The summed E-state index contributed by atoms with van der Waals surface area (Å²) in [6.07, 6.45) is -3.12. The summed E-state index contributed by atoms with van der Waals surface area (Å²) >= 11 is 6.06. The zero-order valence-electron chi connectivity index (χ0n) is 7.02. The number of carbonyl (C=O) groups excluding carboxylic acids is 2. The van der Waals surface area contributed by atoms with Crippen LogP contribution in [0.4, 0.5) is 14.0 Å². The van der Waals surface area contributed by atoms with Crippen LogP contribution < -0.4 is 0 Å². The molecule has 0 aromatic heterocycles. The highest BCUT2D eigenvalue weighted by Crippen LogP contribution is 2.24. The molecule has 2 saturated heterocycles. The Hall–Kier alpha value is -0.570. The van der Waals surface area contributed by atoms with Gasteiger partial charge in [-0.05, 0) is 31.9 Å². The van der Waals surface area contributed by atoms with Crippen molar-refractivity contribution in [2.75, 3.05) is 6.61 Å². The van der Waals surface area contributed by atoms with Gasteiger partial charge < -0.3 is 18.9 Å². The van der Waals surface area contributed by atoms with Crippen molar-refractivity contribution >= 4 is 44.2 Å². The third kappa shape index (κ3) is 4.20. The first-order chi connectivity index (χ1) is 6.99. The molecule has 0 saturated carbocycles. The predicted octanol–water partition coefficient (Wildman–Crippen LogP) is 2.04. The van der Waals surface area contributed by atoms with Gasteiger partial charge in [-0.25, -0.2) is 9.59 Å². The molecule has 0 amide bonds. The van der Waals surface area contributed by atoms with Gasteiger partial charge in [0, 0.05) is 0 Å². The molecule has 2 aliphatic rings. The average molecular weight is 352 g/mol. The second kappa shape index (κ2) is 5.50. The van der Waals surface area contributed by atoms with Gasteiger partial charge in [0.15, 0.2) is 6.61 Å². The number of cyclic esters (lactones) is 4. The third-order valence-electron chi connectivity index (χ3n) is 1.18. The Kier molecular flexibility index (Phi) is 4.58. The van der Waals surface area contributed by atoms with Crippen molar-refractivity contribution in [1.29, 1.82) is 0 Å². The van der Waals surface area contributed by atoms with Crippen LogP contribution in [-0.4, -0.2) is 35.3 Å². The Morgan fingerprint density at radius 2 is 1.60 bits per heavy atom. The van der Waals surface area contributed by atoms with Crippen LogP contribution in [0.1, 0.15) is 0 Å². The minimum Gasteiger partial charge on any atom is -0.427 e. The van der Waals surface area contributed by atoms with Crippen molar-refractivity contribution in [3.63, 3.8) is 0 Å². The molecule has 2 fully saturated rings. The monoisotopic (exact) mass is 350 g/mol. The van der Waals surface area contributed by atoms with E-state index in [9.17, 15) is 14.0 Å². The molecule has 3 atom stereocenters. The fourth-order valence-electron chi connectivity index (χ4n) is 0.625. The molecular weight excluding hydrogens is 347 g/mol. The molecule has 2 aliphatic heterocycles. The molecule has 0 N–H and O–H groups in total. The minimum absolute atomic E-state index is 0.265. The third-order valence-corrected chi connectivity index (χ3v) is 3.22. The lowest BCUT2D eigenvalue weighted by atomic mass is 10.8. The summed E-state index contributed by atoms with van der Waals surface area (Å²) in [6, 6.07) is 0. The minimum atomic E-state index is -1.55. The maximum Gasteiger partial charge on any atom is 0.511 e. The molecule has 0 aliphatic carbocycles. The summed E-state index contributed by atoms with van der Waals surface area (Å²) in [5, 5.41) is -0.704. The van der Waals surface area contributed by atoms with Crippen LogP contribution in [-0.2, 0) is 18.9 Å². The summed E-state index contributed by atoms with van der Waals surface area (Å²) in [5.41, 5.74) is 0. The molecule has 0 bridgehead atoms. The van der Waals surface area contributed by atoms with E-state index in [0.29, 0.717) is 0 Å². The average Bonchev–Trinajstić information content (AvgIpc) is 2.61.